The van der Waals surface area contributed by atoms with Gasteiger partial charge < -0.3 is 5.11 Å². The van der Waals surface area contributed by atoms with Crippen LogP contribution in [-0.2, 0) is 9.59 Å². The molecule has 0 unspecified atom stereocenters. The zero-order valence-corrected chi connectivity index (χ0v) is 17.0. The molecule has 1 saturated heterocycles. The Hall–Kier alpha value is -3.32. The number of aliphatic hydroxyl groups excluding tert-OH is 1. The molecule has 1 aliphatic rings. The van der Waals surface area contributed by atoms with Crippen LogP contribution < -0.4 is 4.90 Å². The quantitative estimate of drug-likeness (QED) is 0.403. The standard InChI is InChI=1S/C22H19N3O3S/c1-12-9-10-13(2)16(11-12)19(26)17-18(15-7-5-4-6-8-15)25(21(28)20(17)27)22-24-23-14(3)29-22/h4-11,18,26H,1-3H3/t18-/m1/s1. The van der Waals surface area contributed by atoms with Crippen molar-refractivity contribution in [2.24, 2.45) is 0 Å². The summed E-state index contributed by atoms with van der Waals surface area (Å²) in [6, 6.07) is 14.0. The Balaban J connectivity index is 1.97. The van der Waals surface area contributed by atoms with Crippen LogP contribution in [0.5, 0.6) is 0 Å². The molecule has 0 radical (unpaired) electrons. The van der Waals surface area contributed by atoms with Crippen LogP contribution in [0.15, 0.2) is 54.1 Å². The van der Waals surface area contributed by atoms with Gasteiger partial charge in [-0.1, -0.05) is 59.4 Å². The third-order valence-corrected chi connectivity index (χ3v) is 5.77. The number of aryl methyl sites for hydroxylation is 3. The van der Waals surface area contributed by atoms with Crippen molar-refractivity contribution < 1.29 is 14.7 Å². The molecule has 29 heavy (non-hydrogen) atoms. The number of rotatable bonds is 3. The molecular weight excluding hydrogens is 386 g/mol. The minimum absolute atomic E-state index is 0.0581. The van der Waals surface area contributed by atoms with Crippen LogP contribution in [0.4, 0.5) is 5.13 Å². The van der Waals surface area contributed by atoms with Gasteiger partial charge in [0, 0.05) is 5.56 Å². The highest BCUT2D eigenvalue weighted by molar-refractivity contribution is 7.15. The van der Waals surface area contributed by atoms with Crippen LogP contribution in [0.1, 0.15) is 33.3 Å². The number of ketones is 1. The van der Waals surface area contributed by atoms with Crippen LogP contribution in [0.2, 0.25) is 0 Å². The molecule has 0 saturated carbocycles. The van der Waals surface area contributed by atoms with Gasteiger partial charge in [-0.15, -0.1) is 10.2 Å². The zero-order chi connectivity index (χ0) is 20.7. The molecule has 7 heteroatoms. The first kappa shape index (κ1) is 19.0. The number of nitrogens with zero attached hydrogens (tertiary/aromatic N) is 3. The maximum Gasteiger partial charge on any atom is 0.301 e. The molecule has 6 nitrogen and oxygen atoms in total. The number of aromatic nitrogens is 2. The van der Waals surface area contributed by atoms with E-state index in [1.54, 1.807) is 6.92 Å². The third kappa shape index (κ3) is 3.23. The second-order valence-electron chi connectivity index (χ2n) is 7.00. The number of hydrogen-bond donors (Lipinski definition) is 1. The summed E-state index contributed by atoms with van der Waals surface area (Å²) < 4.78 is 0. The largest absolute Gasteiger partial charge is 0.507 e. The van der Waals surface area contributed by atoms with Crippen molar-refractivity contribution in [2.45, 2.75) is 26.8 Å². The van der Waals surface area contributed by atoms with Crippen molar-refractivity contribution in [3.05, 3.63) is 81.4 Å². The molecule has 2 aromatic carbocycles. The van der Waals surface area contributed by atoms with E-state index in [0.717, 1.165) is 11.1 Å². The third-order valence-electron chi connectivity index (χ3n) is 4.93. The van der Waals surface area contributed by atoms with Crippen LogP contribution >= 0.6 is 11.3 Å². The van der Waals surface area contributed by atoms with Gasteiger partial charge in [0.15, 0.2) is 0 Å². The fraction of sp³-hybridized carbons (Fsp3) is 0.182. The van der Waals surface area contributed by atoms with Crippen molar-refractivity contribution in [2.75, 3.05) is 4.90 Å². The Morgan fingerprint density at radius 1 is 1.03 bits per heavy atom. The van der Waals surface area contributed by atoms with Gasteiger partial charge in [0.1, 0.15) is 10.8 Å². The predicted octanol–water partition coefficient (Wildman–Crippen LogP) is 4.09. The Kier molecular flexibility index (Phi) is 4.76. The molecule has 0 spiro atoms. The SMILES string of the molecule is Cc1ccc(C)c(C(O)=C2C(=O)C(=O)N(c3nnc(C)s3)[C@@H]2c2ccccc2)c1. The van der Waals surface area contributed by atoms with E-state index in [1.807, 2.05) is 62.4 Å². The molecule has 3 aromatic rings. The first-order valence-electron chi connectivity index (χ1n) is 9.12. The number of aliphatic hydroxyl groups is 1. The number of carbonyl (C=O) groups excluding carboxylic acids is 2. The van der Waals surface area contributed by atoms with E-state index in [4.69, 9.17) is 0 Å². The summed E-state index contributed by atoms with van der Waals surface area (Å²) in [4.78, 5) is 27.3. The summed E-state index contributed by atoms with van der Waals surface area (Å²) in [6.45, 7) is 5.55. The first-order valence-corrected chi connectivity index (χ1v) is 9.94. The highest BCUT2D eigenvalue weighted by Gasteiger charge is 2.48. The summed E-state index contributed by atoms with van der Waals surface area (Å²) in [6.07, 6.45) is 0. The van der Waals surface area contributed by atoms with Crippen LogP contribution in [0.25, 0.3) is 5.76 Å². The zero-order valence-electron chi connectivity index (χ0n) is 16.2. The lowest BCUT2D eigenvalue weighted by Crippen LogP contribution is -2.29. The second kappa shape index (κ2) is 7.25. The number of benzene rings is 2. The van der Waals surface area contributed by atoms with E-state index in [9.17, 15) is 14.7 Å². The number of anilines is 1. The average molecular weight is 405 g/mol. The normalized spacial score (nSPS) is 18.4. The highest BCUT2D eigenvalue weighted by atomic mass is 32.1. The van der Waals surface area contributed by atoms with Crippen LogP contribution in [0.3, 0.4) is 0 Å². The molecule has 4 rings (SSSR count). The molecule has 146 valence electrons. The minimum atomic E-state index is -0.775. The lowest BCUT2D eigenvalue weighted by atomic mass is 9.93. The van der Waals surface area contributed by atoms with E-state index in [1.165, 1.54) is 16.2 Å². The summed E-state index contributed by atoms with van der Waals surface area (Å²) >= 11 is 1.23. The Labute approximate surface area is 172 Å². The number of Topliss-reactive ketones (excluding diaryl/α,β-unsaturated/α-hetero) is 1. The van der Waals surface area contributed by atoms with Crippen molar-refractivity contribution in [1.29, 1.82) is 0 Å². The fourth-order valence-electron chi connectivity index (χ4n) is 3.50. The van der Waals surface area contributed by atoms with Crippen molar-refractivity contribution in [3.8, 4) is 0 Å². The molecule has 1 atom stereocenters. The van der Waals surface area contributed by atoms with Gasteiger partial charge in [-0.3, -0.25) is 14.5 Å². The van der Waals surface area contributed by atoms with E-state index in [0.29, 0.717) is 21.3 Å². The van der Waals surface area contributed by atoms with E-state index >= 15 is 0 Å². The summed E-state index contributed by atoms with van der Waals surface area (Å²) in [5.74, 6) is -1.63. The average Bonchev–Trinajstić information content (AvgIpc) is 3.25. The lowest BCUT2D eigenvalue weighted by Gasteiger charge is -2.22. The maximum absolute atomic E-state index is 13.0. The fourth-order valence-corrected chi connectivity index (χ4v) is 4.21. The van der Waals surface area contributed by atoms with Gasteiger partial charge >= 0.3 is 5.91 Å². The second-order valence-corrected chi connectivity index (χ2v) is 8.16. The molecule has 1 amide bonds. The van der Waals surface area contributed by atoms with Gasteiger partial charge in [0.25, 0.3) is 5.78 Å². The molecule has 2 heterocycles. The number of hydrogen-bond acceptors (Lipinski definition) is 6. The minimum Gasteiger partial charge on any atom is -0.507 e. The lowest BCUT2D eigenvalue weighted by molar-refractivity contribution is -0.132. The Morgan fingerprint density at radius 2 is 1.76 bits per heavy atom. The first-order chi connectivity index (χ1) is 13.9. The van der Waals surface area contributed by atoms with Gasteiger partial charge in [0.2, 0.25) is 5.13 Å². The monoisotopic (exact) mass is 405 g/mol. The van der Waals surface area contributed by atoms with Gasteiger partial charge in [-0.2, -0.15) is 0 Å². The summed E-state index contributed by atoms with van der Waals surface area (Å²) in [5, 5.41) is 20.2. The molecule has 1 fully saturated rings. The van der Waals surface area contributed by atoms with E-state index < -0.39 is 17.7 Å². The summed E-state index contributed by atoms with van der Waals surface area (Å²) in [5.41, 5.74) is 3.08. The molecule has 0 aliphatic carbocycles. The van der Waals surface area contributed by atoms with Crippen LogP contribution in [-0.4, -0.2) is 27.0 Å². The van der Waals surface area contributed by atoms with Gasteiger partial charge in [-0.05, 0) is 38.0 Å². The predicted molar refractivity (Wildman–Crippen MR) is 112 cm³/mol. The summed E-state index contributed by atoms with van der Waals surface area (Å²) in [7, 11) is 0. The van der Waals surface area contributed by atoms with Gasteiger partial charge in [0.05, 0.1) is 11.6 Å². The Morgan fingerprint density at radius 3 is 2.41 bits per heavy atom. The molecule has 0 bridgehead atoms. The molecule has 1 N–H and O–H groups in total. The topological polar surface area (TPSA) is 83.4 Å². The van der Waals surface area contributed by atoms with Crippen molar-refractivity contribution >= 4 is 33.9 Å². The van der Waals surface area contributed by atoms with Crippen molar-refractivity contribution in [1.82, 2.24) is 10.2 Å². The molecule has 1 aliphatic heterocycles. The Bertz CT molecular complexity index is 1150. The number of amides is 1. The van der Waals surface area contributed by atoms with Crippen molar-refractivity contribution in [3.63, 3.8) is 0 Å². The van der Waals surface area contributed by atoms with E-state index in [2.05, 4.69) is 10.2 Å². The maximum atomic E-state index is 13.0. The molecular formula is C22H19N3O3S. The van der Waals surface area contributed by atoms with E-state index in [-0.39, 0.29) is 11.3 Å². The molecule has 1 aromatic heterocycles. The van der Waals surface area contributed by atoms with Crippen LogP contribution in [0, 0.1) is 20.8 Å². The van der Waals surface area contributed by atoms with Gasteiger partial charge in [-0.25, -0.2) is 0 Å². The number of carbonyl (C=O) groups is 2. The highest BCUT2D eigenvalue weighted by Crippen LogP contribution is 2.43. The smallest absolute Gasteiger partial charge is 0.301 e.